The monoisotopic (exact) mass is 711 g/mol. The Balaban J connectivity index is 1.43. The third-order valence-electron chi connectivity index (χ3n) is 8.97. The van der Waals surface area contributed by atoms with Gasteiger partial charge in [-0.15, -0.1) is 0 Å². The van der Waals surface area contributed by atoms with Gasteiger partial charge in [0.15, 0.2) is 0 Å². The molecule has 0 unspecified atom stereocenters. The summed E-state index contributed by atoms with van der Waals surface area (Å²) in [4.78, 5) is 73.6. The molecule has 14 nitrogen and oxygen atoms in total. The second-order valence-electron chi connectivity index (χ2n) is 13.8. The summed E-state index contributed by atoms with van der Waals surface area (Å²) in [5.41, 5.74) is 4.36. The van der Waals surface area contributed by atoms with Crippen molar-refractivity contribution in [1.29, 1.82) is 0 Å². The van der Waals surface area contributed by atoms with Crippen LogP contribution >= 0.6 is 0 Å². The Morgan fingerprint density at radius 1 is 0.923 bits per heavy atom. The van der Waals surface area contributed by atoms with Crippen LogP contribution in [-0.2, 0) is 45.1 Å². The van der Waals surface area contributed by atoms with Crippen LogP contribution in [0.1, 0.15) is 60.3 Å². The smallest absolute Gasteiger partial charge is 0.251 e. The Hall–Kier alpha value is -5.53. The van der Waals surface area contributed by atoms with Gasteiger partial charge in [0.2, 0.25) is 23.6 Å². The van der Waals surface area contributed by atoms with Crippen molar-refractivity contribution in [2.75, 3.05) is 26.2 Å². The first-order valence-corrected chi connectivity index (χ1v) is 17.9. The third kappa shape index (κ3) is 9.83. The Labute approximate surface area is 303 Å². The van der Waals surface area contributed by atoms with Gasteiger partial charge in [-0.25, -0.2) is 4.98 Å². The molecule has 1 aliphatic heterocycles. The summed E-state index contributed by atoms with van der Waals surface area (Å²) in [5, 5.41) is 15.8. The van der Waals surface area contributed by atoms with Crippen LogP contribution < -0.4 is 21.3 Å². The summed E-state index contributed by atoms with van der Waals surface area (Å²) in [6.45, 7) is 10.0. The molecule has 4 N–H and O–H groups in total. The van der Waals surface area contributed by atoms with Gasteiger partial charge in [0.25, 0.3) is 5.91 Å². The van der Waals surface area contributed by atoms with Gasteiger partial charge in [-0.3, -0.25) is 28.7 Å². The second-order valence-corrected chi connectivity index (χ2v) is 13.8. The highest BCUT2D eigenvalue weighted by Gasteiger charge is 2.27. The van der Waals surface area contributed by atoms with E-state index < -0.39 is 23.9 Å². The molecule has 2 aromatic heterocycles. The minimum atomic E-state index is -1.03. The van der Waals surface area contributed by atoms with E-state index in [4.69, 9.17) is 4.98 Å². The fourth-order valence-corrected chi connectivity index (χ4v) is 6.30. The van der Waals surface area contributed by atoms with E-state index in [0.717, 1.165) is 40.2 Å². The van der Waals surface area contributed by atoms with E-state index in [0.29, 0.717) is 31.0 Å². The fourth-order valence-electron chi connectivity index (χ4n) is 6.30. The van der Waals surface area contributed by atoms with Crippen LogP contribution in [0, 0.1) is 19.8 Å². The van der Waals surface area contributed by atoms with Crippen LogP contribution in [0.5, 0.6) is 0 Å². The molecule has 1 aliphatic rings. The Morgan fingerprint density at radius 3 is 2.40 bits per heavy atom. The van der Waals surface area contributed by atoms with Crippen molar-refractivity contribution in [3.8, 4) is 0 Å². The predicted molar refractivity (Wildman–Crippen MR) is 196 cm³/mol. The molecule has 0 saturated carbocycles. The number of carbonyl (C=O) groups excluding carboxylic acids is 5. The molecule has 276 valence electrons. The second kappa shape index (κ2) is 17.1. The standard InChI is InChI=1S/C38H49N9O5/c1-24(2)18-33-42-30-13-12-29-21-32(30)46(33)16-9-14-39-36(50)27(5)41-38(52)31(20-28-10-7-6-8-11-28)43-34(48)22-45(17-15-40-37(29)51)35(49)23-47-26(4)19-25(3)44-47/h6-8,10-13,19,21,24,27,31H,9,14-18,20,22-23H2,1-5H3,(H,39,50)(H,40,51)(H,41,52)(H,43,48)/t27-,31+/m1/s1. The number of hydrogen-bond acceptors (Lipinski definition) is 7. The average molecular weight is 712 g/mol. The molecule has 0 fully saturated rings. The summed E-state index contributed by atoms with van der Waals surface area (Å²) in [7, 11) is 0. The molecule has 0 saturated heterocycles. The number of rotatable bonds is 6. The van der Waals surface area contributed by atoms with Crippen molar-refractivity contribution in [2.24, 2.45) is 5.92 Å². The van der Waals surface area contributed by atoms with Crippen molar-refractivity contribution in [3.05, 3.63) is 82.9 Å². The molecule has 0 radical (unpaired) electrons. The molecule has 52 heavy (non-hydrogen) atoms. The number of carbonyl (C=O) groups is 5. The van der Waals surface area contributed by atoms with E-state index in [1.807, 2.05) is 62.4 Å². The van der Waals surface area contributed by atoms with E-state index in [-0.39, 0.29) is 50.3 Å². The molecule has 2 aromatic carbocycles. The SMILES string of the molecule is Cc1cc(C)n(CC(=O)N2CCNC(=O)c3ccc4nc(CC(C)C)n(c4c3)CCCNC(=O)[C@@H](C)NC(=O)[C@H](Cc3ccccc3)NC(=O)C2)n1. The highest BCUT2D eigenvalue weighted by molar-refractivity contribution is 5.97. The van der Waals surface area contributed by atoms with Crippen LogP contribution in [-0.4, -0.2) is 92.0 Å². The molecule has 5 amide bonds. The third-order valence-corrected chi connectivity index (χ3v) is 8.97. The lowest BCUT2D eigenvalue weighted by molar-refractivity contribution is -0.137. The number of aromatic nitrogens is 4. The number of benzene rings is 2. The van der Waals surface area contributed by atoms with Gasteiger partial charge in [0, 0.05) is 50.3 Å². The summed E-state index contributed by atoms with van der Waals surface area (Å²) in [6.07, 6.45) is 1.50. The maximum absolute atomic E-state index is 13.7. The Morgan fingerprint density at radius 2 is 1.69 bits per heavy atom. The topological polar surface area (TPSA) is 172 Å². The lowest BCUT2D eigenvalue weighted by Gasteiger charge is -2.25. The fraction of sp³-hybridized carbons (Fsp3) is 0.447. The van der Waals surface area contributed by atoms with Gasteiger partial charge in [-0.05, 0) is 62.9 Å². The minimum Gasteiger partial charge on any atom is -0.354 e. The summed E-state index contributed by atoms with van der Waals surface area (Å²) >= 11 is 0. The molecule has 2 atom stereocenters. The minimum absolute atomic E-state index is 0.0305. The molecule has 14 heteroatoms. The number of fused-ring (bicyclic) bond motifs is 1. The van der Waals surface area contributed by atoms with E-state index in [1.165, 1.54) is 4.90 Å². The largest absolute Gasteiger partial charge is 0.354 e. The van der Waals surface area contributed by atoms with Crippen molar-refractivity contribution < 1.29 is 24.0 Å². The highest BCUT2D eigenvalue weighted by atomic mass is 16.2. The van der Waals surface area contributed by atoms with Crippen LogP contribution in [0.15, 0.2) is 54.6 Å². The quantitative estimate of drug-likeness (QED) is 0.237. The first kappa shape index (κ1) is 37.7. The average Bonchev–Trinajstić information content (AvgIpc) is 3.60. The van der Waals surface area contributed by atoms with Crippen molar-refractivity contribution in [1.82, 2.24) is 45.5 Å². The zero-order chi connectivity index (χ0) is 37.4. The first-order valence-electron chi connectivity index (χ1n) is 17.9. The van der Waals surface area contributed by atoms with Gasteiger partial charge >= 0.3 is 0 Å². The lowest BCUT2D eigenvalue weighted by atomic mass is 10.0. The number of aryl methyl sites for hydroxylation is 3. The number of imidazole rings is 1. The summed E-state index contributed by atoms with van der Waals surface area (Å²) in [6, 6.07) is 14.5. The van der Waals surface area contributed by atoms with Crippen LogP contribution in [0.25, 0.3) is 11.0 Å². The van der Waals surface area contributed by atoms with Gasteiger partial charge in [-0.1, -0.05) is 44.2 Å². The van der Waals surface area contributed by atoms with Crippen molar-refractivity contribution in [2.45, 2.75) is 79.1 Å². The van der Waals surface area contributed by atoms with E-state index >= 15 is 0 Å². The van der Waals surface area contributed by atoms with E-state index in [2.05, 4.69) is 44.8 Å². The molecule has 0 spiro atoms. The number of nitrogens with zero attached hydrogens (tertiary/aromatic N) is 5. The maximum atomic E-state index is 13.7. The van der Waals surface area contributed by atoms with Gasteiger partial charge < -0.3 is 30.7 Å². The van der Waals surface area contributed by atoms with Gasteiger partial charge in [0.05, 0.1) is 23.3 Å². The van der Waals surface area contributed by atoms with Crippen molar-refractivity contribution in [3.63, 3.8) is 0 Å². The zero-order valence-electron chi connectivity index (χ0n) is 30.6. The summed E-state index contributed by atoms with van der Waals surface area (Å²) < 4.78 is 3.66. The molecule has 5 rings (SSSR count). The van der Waals surface area contributed by atoms with Crippen molar-refractivity contribution >= 4 is 40.6 Å². The van der Waals surface area contributed by atoms with Gasteiger partial charge in [-0.2, -0.15) is 5.10 Å². The molecular formula is C38H49N9O5. The molecule has 3 heterocycles. The maximum Gasteiger partial charge on any atom is 0.251 e. The predicted octanol–water partition coefficient (Wildman–Crippen LogP) is 2.06. The normalized spacial score (nSPS) is 18.5. The van der Waals surface area contributed by atoms with Crippen LogP contribution in [0.3, 0.4) is 0 Å². The molecular weight excluding hydrogens is 662 g/mol. The lowest BCUT2D eigenvalue weighted by Crippen LogP contribution is -2.55. The number of nitrogens with one attached hydrogen (secondary N) is 4. The van der Waals surface area contributed by atoms with Gasteiger partial charge in [0.1, 0.15) is 24.5 Å². The molecule has 0 aliphatic carbocycles. The Kier molecular flexibility index (Phi) is 12.4. The molecule has 2 bridgehead atoms. The number of amides is 5. The first-order chi connectivity index (χ1) is 24.9. The highest BCUT2D eigenvalue weighted by Crippen LogP contribution is 2.21. The number of hydrogen-bond donors (Lipinski definition) is 4. The molecule has 4 aromatic rings. The van der Waals surface area contributed by atoms with E-state index in [1.54, 1.807) is 17.7 Å². The zero-order valence-corrected chi connectivity index (χ0v) is 30.6. The van der Waals surface area contributed by atoms with E-state index in [9.17, 15) is 24.0 Å². The van der Waals surface area contributed by atoms with Crippen LogP contribution in [0.4, 0.5) is 0 Å². The Bertz CT molecular complexity index is 1920. The van der Waals surface area contributed by atoms with Crippen LogP contribution in [0.2, 0.25) is 0 Å². The summed E-state index contributed by atoms with van der Waals surface area (Å²) in [5.74, 6) is -0.925.